The van der Waals surface area contributed by atoms with Crippen LogP contribution in [0.2, 0.25) is 4.34 Å². The third-order valence-corrected chi connectivity index (χ3v) is 5.10. The zero-order valence-corrected chi connectivity index (χ0v) is 19.2. The predicted octanol–water partition coefficient (Wildman–Crippen LogP) is 3.39. The van der Waals surface area contributed by atoms with E-state index in [1.165, 1.54) is 17.7 Å². The second kappa shape index (κ2) is 11.3. The lowest BCUT2D eigenvalue weighted by molar-refractivity contribution is 0.184. The van der Waals surface area contributed by atoms with Crippen LogP contribution in [0.5, 0.6) is 0 Å². The molecule has 0 aliphatic rings. The molecule has 1 aromatic carbocycles. The SMILES string of the molecule is CCNC(=NCc1ccc(-n2cncn2)cc1)NCC(O)c1ccc(Cl)s1.I. The van der Waals surface area contributed by atoms with Gasteiger partial charge < -0.3 is 15.7 Å². The zero-order chi connectivity index (χ0) is 19.1. The number of nitrogens with one attached hydrogen (secondary N) is 2. The first-order valence-electron chi connectivity index (χ1n) is 8.55. The number of nitrogens with zero attached hydrogens (tertiary/aromatic N) is 4. The third kappa shape index (κ3) is 6.43. The van der Waals surface area contributed by atoms with Gasteiger partial charge in [-0.25, -0.2) is 14.7 Å². The molecule has 0 bridgehead atoms. The van der Waals surface area contributed by atoms with Crippen LogP contribution >= 0.6 is 46.9 Å². The van der Waals surface area contributed by atoms with E-state index in [1.807, 2.05) is 37.3 Å². The van der Waals surface area contributed by atoms with E-state index in [0.29, 0.717) is 23.4 Å². The number of hydrogen-bond donors (Lipinski definition) is 3. The number of aromatic nitrogens is 3. The van der Waals surface area contributed by atoms with Gasteiger partial charge in [0.1, 0.15) is 18.8 Å². The van der Waals surface area contributed by atoms with E-state index in [4.69, 9.17) is 11.6 Å². The Morgan fingerprint density at radius 1 is 1.25 bits per heavy atom. The van der Waals surface area contributed by atoms with Gasteiger partial charge in [0.25, 0.3) is 0 Å². The van der Waals surface area contributed by atoms with Gasteiger partial charge >= 0.3 is 0 Å². The van der Waals surface area contributed by atoms with Crippen LogP contribution in [0.25, 0.3) is 5.69 Å². The lowest BCUT2D eigenvalue weighted by Gasteiger charge is -2.14. The summed E-state index contributed by atoms with van der Waals surface area (Å²) in [6.45, 7) is 3.61. The highest BCUT2D eigenvalue weighted by Crippen LogP contribution is 2.26. The molecule has 2 heterocycles. The summed E-state index contributed by atoms with van der Waals surface area (Å²) in [5.41, 5.74) is 2.02. The van der Waals surface area contributed by atoms with Gasteiger partial charge in [-0.1, -0.05) is 23.7 Å². The molecule has 150 valence electrons. The van der Waals surface area contributed by atoms with Gasteiger partial charge in [0.15, 0.2) is 5.96 Å². The number of hydrogen-bond acceptors (Lipinski definition) is 5. The maximum Gasteiger partial charge on any atom is 0.191 e. The second-order valence-electron chi connectivity index (χ2n) is 5.74. The van der Waals surface area contributed by atoms with Crippen LogP contribution in [-0.4, -0.2) is 38.9 Å². The summed E-state index contributed by atoms with van der Waals surface area (Å²) in [5.74, 6) is 0.652. The smallest absolute Gasteiger partial charge is 0.191 e. The van der Waals surface area contributed by atoms with E-state index in [-0.39, 0.29) is 24.0 Å². The fourth-order valence-corrected chi connectivity index (χ4v) is 3.46. The second-order valence-corrected chi connectivity index (χ2v) is 7.49. The summed E-state index contributed by atoms with van der Waals surface area (Å²) in [6, 6.07) is 11.6. The van der Waals surface area contributed by atoms with Crippen LogP contribution in [0, 0.1) is 0 Å². The molecule has 0 radical (unpaired) electrons. The molecule has 0 amide bonds. The Bertz CT molecular complexity index is 869. The van der Waals surface area contributed by atoms with Crippen molar-refractivity contribution in [3.63, 3.8) is 0 Å². The molecular formula is C18H22ClIN6OS. The van der Waals surface area contributed by atoms with Crippen molar-refractivity contribution in [1.29, 1.82) is 0 Å². The molecular weight excluding hydrogens is 511 g/mol. The quantitative estimate of drug-likeness (QED) is 0.247. The third-order valence-electron chi connectivity index (χ3n) is 3.77. The first kappa shape index (κ1) is 22.6. The van der Waals surface area contributed by atoms with Crippen LogP contribution in [0.4, 0.5) is 0 Å². The van der Waals surface area contributed by atoms with E-state index in [9.17, 15) is 5.11 Å². The zero-order valence-electron chi connectivity index (χ0n) is 15.2. The van der Waals surface area contributed by atoms with E-state index in [1.54, 1.807) is 17.1 Å². The number of halogens is 2. The fourth-order valence-electron chi connectivity index (χ4n) is 2.41. The number of aliphatic hydroxyl groups is 1. The Morgan fingerprint density at radius 2 is 2.04 bits per heavy atom. The van der Waals surface area contributed by atoms with Crippen molar-refractivity contribution in [3.05, 3.63) is 63.8 Å². The number of aliphatic hydroxyl groups excluding tert-OH is 1. The number of rotatable bonds is 7. The molecule has 1 atom stereocenters. The minimum Gasteiger partial charge on any atom is -0.386 e. The highest BCUT2D eigenvalue weighted by molar-refractivity contribution is 14.0. The van der Waals surface area contributed by atoms with Crippen molar-refractivity contribution in [1.82, 2.24) is 25.4 Å². The lowest BCUT2D eigenvalue weighted by atomic mass is 10.2. The number of benzene rings is 1. The monoisotopic (exact) mass is 532 g/mol. The minimum absolute atomic E-state index is 0. The molecule has 0 saturated carbocycles. The van der Waals surface area contributed by atoms with Crippen molar-refractivity contribution < 1.29 is 5.11 Å². The number of aliphatic imine (C=N–C) groups is 1. The molecule has 1 unspecified atom stereocenters. The van der Waals surface area contributed by atoms with Gasteiger partial charge in [0.2, 0.25) is 0 Å². The first-order chi connectivity index (χ1) is 13.2. The molecule has 0 saturated heterocycles. The van der Waals surface area contributed by atoms with Crippen molar-refractivity contribution in [2.45, 2.75) is 19.6 Å². The predicted molar refractivity (Wildman–Crippen MR) is 124 cm³/mol. The van der Waals surface area contributed by atoms with E-state index < -0.39 is 6.10 Å². The molecule has 0 aliphatic heterocycles. The largest absolute Gasteiger partial charge is 0.386 e. The molecule has 7 nitrogen and oxygen atoms in total. The van der Waals surface area contributed by atoms with Gasteiger partial charge in [-0.2, -0.15) is 5.10 Å². The Balaban J connectivity index is 0.00000280. The summed E-state index contributed by atoms with van der Waals surface area (Å²) >= 11 is 7.30. The topological polar surface area (TPSA) is 87.4 Å². The Morgan fingerprint density at radius 3 is 2.64 bits per heavy atom. The van der Waals surface area contributed by atoms with Gasteiger partial charge in [-0.15, -0.1) is 35.3 Å². The summed E-state index contributed by atoms with van der Waals surface area (Å²) in [7, 11) is 0. The summed E-state index contributed by atoms with van der Waals surface area (Å²) in [4.78, 5) is 9.34. The fraction of sp³-hybridized carbons (Fsp3) is 0.278. The number of guanidine groups is 1. The van der Waals surface area contributed by atoms with Crippen molar-refractivity contribution >= 4 is 52.9 Å². The molecule has 3 rings (SSSR count). The average Bonchev–Trinajstić information content (AvgIpc) is 3.36. The van der Waals surface area contributed by atoms with Gasteiger partial charge in [-0.05, 0) is 36.8 Å². The molecule has 0 fully saturated rings. The lowest BCUT2D eigenvalue weighted by Crippen LogP contribution is -2.39. The van der Waals surface area contributed by atoms with Crippen LogP contribution < -0.4 is 10.6 Å². The maximum absolute atomic E-state index is 10.3. The molecule has 3 aromatic rings. The van der Waals surface area contributed by atoms with Crippen molar-refractivity contribution in [2.75, 3.05) is 13.1 Å². The number of thiophene rings is 1. The van der Waals surface area contributed by atoms with Crippen molar-refractivity contribution in [2.24, 2.45) is 4.99 Å². The highest BCUT2D eigenvalue weighted by Gasteiger charge is 2.11. The van der Waals surface area contributed by atoms with E-state index in [2.05, 4.69) is 25.7 Å². The Labute approximate surface area is 189 Å². The normalized spacial score (nSPS) is 12.3. The summed E-state index contributed by atoms with van der Waals surface area (Å²) in [6.07, 6.45) is 2.53. The highest BCUT2D eigenvalue weighted by atomic mass is 127. The van der Waals surface area contributed by atoms with Crippen molar-refractivity contribution in [3.8, 4) is 5.69 Å². The molecule has 0 spiro atoms. The molecule has 0 aliphatic carbocycles. The van der Waals surface area contributed by atoms with E-state index >= 15 is 0 Å². The Kier molecular flexibility index (Phi) is 9.16. The van der Waals surface area contributed by atoms with Crippen LogP contribution in [0.3, 0.4) is 0 Å². The standard InChI is InChI=1S/C18H21ClN6OS.HI/c1-2-21-18(23-10-15(26)16-7-8-17(19)27-16)22-9-13-3-5-14(6-4-13)25-12-20-11-24-25;/h3-8,11-12,15,26H,2,9-10H2,1H3,(H2,21,22,23);1H. The molecule has 3 N–H and O–H groups in total. The molecule has 28 heavy (non-hydrogen) atoms. The first-order valence-corrected chi connectivity index (χ1v) is 9.74. The van der Waals surface area contributed by atoms with Gasteiger partial charge in [0.05, 0.1) is 16.6 Å². The van der Waals surface area contributed by atoms with Crippen LogP contribution in [0.15, 0.2) is 54.0 Å². The van der Waals surface area contributed by atoms with E-state index in [0.717, 1.165) is 22.7 Å². The van der Waals surface area contributed by atoms with Crippen LogP contribution in [-0.2, 0) is 6.54 Å². The summed E-state index contributed by atoms with van der Waals surface area (Å²) in [5, 5.41) is 20.7. The maximum atomic E-state index is 10.3. The summed E-state index contributed by atoms with van der Waals surface area (Å²) < 4.78 is 2.37. The molecule has 2 aromatic heterocycles. The Hall–Kier alpha value is -1.69. The van der Waals surface area contributed by atoms with Crippen LogP contribution in [0.1, 0.15) is 23.5 Å². The molecule has 10 heteroatoms. The average molecular weight is 533 g/mol. The minimum atomic E-state index is -0.631. The van der Waals surface area contributed by atoms with Gasteiger partial charge in [0, 0.05) is 18.0 Å². The van der Waals surface area contributed by atoms with Gasteiger partial charge in [-0.3, -0.25) is 0 Å².